The zero-order valence-electron chi connectivity index (χ0n) is 19.4. The average Bonchev–Trinajstić information content (AvgIpc) is 2.82. The molecule has 0 aromatic rings. The average molecular weight is 569 g/mol. The van der Waals surface area contributed by atoms with Gasteiger partial charge in [-0.15, -0.1) is 0 Å². The van der Waals surface area contributed by atoms with Gasteiger partial charge in [-0.3, -0.25) is 0 Å². The summed E-state index contributed by atoms with van der Waals surface area (Å²) < 4.78 is 58.1. The molecular formula is C27H41F4I. The van der Waals surface area contributed by atoms with Crippen LogP contribution in [0.15, 0.2) is 11.7 Å². The minimum atomic E-state index is -1.30. The first-order valence-electron chi connectivity index (χ1n) is 13.4. The molecule has 0 bridgehead atoms. The van der Waals surface area contributed by atoms with E-state index in [0.29, 0.717) is 17.8 Å². The topological polar surface area (TPSA) is 0 Å². The summed E-state index contributed by atoms with van der Waals surface area (Å²) in [5.41, 5.74) is 0. The minimum Gasteiger partial charge on any atom is -0.244 e. The molecule has 184 valence electrons. The predicted molar refractivity (Wildman–Crippen MR) is 132 cm³/mol. The second kappa shape index (κ2) is 11.7. The van der Waals surface area contributed by atoms with Gasteiger partial charge in [0.1, 0.15) is 24.0 Å². The third kappa shape index (κ3) is 5.87. The molecule has 0 N–H and O–H groups in total. The molecule has 6 unspecified atom stereocenters. The van der Waals surface area contributed by atoms with Crippen LogP contribution in [0.1, 0.15) is 103 Å². The second-order valence-electron chi connectivity index (χ2n) is 11.3. The van der Waals surface area contributed by atoms with E-state index in [-0.39, 0.29) is 21.7 Å². The maximum Gasteiger partial charge on any atom is 0.143 e. The normalized spacial score (nSPS) is 42.3. The van der Waals surface area contributed by atoms with Crippen molar-refractivity contribution in [3.8, 4) is 0 Å². The van der Waals surface area contributed by atoms with E-state index in [1.54, 1.807) is 0 Å². The second-order valence-corrected chi connectivity index (χ2v) is 12.9. The van der Waals surface area contributed by atoms with E-state index in [1.165, 1.54) is 19.3 Å². The number of halogens is 5. The van der Waals surface area contributed by atoms with Crippen LogP contribution >= 0.6 is 22.6 Å². The number of hydrogen-bond donors (Lipinski definition) is 0. The minimum absolute atomic E-state index is 0.0986. The van der Waals surface area contributed by atoms with Crippen molar-refractivity contribution in [2.24, 2.45) is 35.5 Å². The van der Waals surface area contributed by atoms with E-state index in [0.717, 1.165) is 83.5 Å². The molecule has 0 saturated heterocycles. The highest BCUT2D eigenvalue weighted by molar-refractivity contribution is 14.1. The first kappa shape index (κ1) is 25.3. The fourth-order valence-corrected chi connectivity index (χ4v) is 8.17. The molecule has 6 atom stereocenters. The van der Waals surface area contributed by atoms with E-state index in [2.05, 4.69) is 22.6 Å². The molecule has 32 heavy (non-hydrogen) atoms. The van der Waals surface area contributed by atoms with Crippen molar-refractivity contribution in [1.29, 1.82) is 0 Å². The Balaban J connectivity index is 1.18. The smallest absolute Gasteiger partial charge is 0.143 e. The fourth-order valence-electron chi connectivity index (χ4n) is 7.42. The molecule has 0 spiro atoms. The highest BCUT2D eigenvalue weighted by Crippen LogP contribution is 2.47. The van der Waals surface area contributed by atoms with Crippen LogP contribution in [0.25, 0.3) is 0 Å². The van der Waals surface area contributed by atoms with Crippen molar-refractivity contribution in [3.05, 3.63) is 11.7 Å². The molecule has 0 aliphatic heterocycles. The molecule has 0 heterocycles. The van der Waals surface area contributed by atoms with Crippen molar-refractivity contribution in [2.75, 3.05) is 0 Å². The molecule has 0 aromatic carbocycles. The summed E-state index contributed by atoms with van der Waals surface area (Å²) in [6.45, 7) is 0. The first-order chi connectivity index (χ1) is 15.5. The highest BCUT2D eigenvalue weighted by atomic mass is 127. The van der Waals surface area contributed by atoms with E-state index in [9.17, 15) is 17.6 Å². The Morgan fingerprint density at radius 3 is 2.09 bits per heavy atom. The van der Waals surface area contributed by atoms with E-state index in [1.807, 2.05) is 0 Å². The molecule has 4 aliphatic rings. The van der Waals surface area contributed by atoms with Gasteiger partial charge in [0.2, 0.25) is 0 Å². The SMILES string of the molecule is FC1=C(F)C(C2CCCCC2)CCC1CCCC1CCC(C2CCC(I)C(F)C2F)CC1. The van der Waals surface area contributed by atoms with E-state index < -0.39 is 24.0 Å². The van der Waals surface area contributed by atoms with Crippen LogP contribution in [-0.4, -0.2) is 16.3 Å². The van der Waals surface area contributed by atoms with Gasteiger partial charge < -0.3 is 0 Å². The summed E-state index contributed by atoms with van der Waals surface area (Å²) in [5, 5.41) is 0. The van der Waals surface area contributed by atoms with Gasteiger partial charge >= 0.3 is 0 Å². The third-order valence-corrected chi connectivity index (χ3v) is 10.8. The predicted octanol–water partition coefficient (Wildman–Crippen LogP) is 9.61. The van der Waals surface area contributed by atoms with Crippen LogP contribution in [0, 0.1) is 35.5 Å². The maximum atomic E-state index is 14.8. The molecule has 0 amide bonds. The number of alkyl halides is 3. The van der Waals surface area contributed by atoms with Gasteiger partial charge in [0.05, 0.1) is 0 Å². The molecule has 5 heteroatoms. The lowest BCUT2D eigenvalue weighted by Crippen LogP contribution is -2.42. The first-order valence-corrected chi connectivity index (χ1v) is 14.7. The van der Waals surface area contributed by atoms with Crippen LogP contribution in [0.2, 0.25) is 0 Å². The zero-order chi connectivity index (χ0) is 22.7. The lowest BCUT2D eigenvalue weighted by molar-refractivity contribution is 0.0272. The molecule has 4 aliphatic carbocycles. The Bertz CT molecular complexity index is 623. The quantitative estimate of drug-likeness (QED) is 0.170. The monoisotopic (exact) mass is 568 g/mol. The van der Waals surface area contributed by atoms with Gasteiger partial charge in [0, 0.05) is 15.8 Å². The zero-order valence-corrected chi connectivity index (χ0v) is 21.6. The van der Waals surface area contributed by atoms with Crippen LogP contribution < -0.4 is 0 Å². The van der Waals surface area contributed by atoms with Gasteiger partial charge in [-0.05, 0) is 81.5 Å². The largest absolute Gasteiger partial charge is 0.244 e. The fraction of sp³-hybridized carbons (Fsp3) is 0.926. The lowest BCUT2D eigenvalue weighted by atomic mass is 9.69. The van der Waals surface area contributed by atoms with Crippen LogP contribution in [0.4, 0.5) is 17.6 Å². The Morgan fingerprint density at radius 2 is 1.38 bits per heavy atom. The summed E-state index contributed by atoms with van der Waals surface area (Å²) in [6.07, 6.45) is 13.3. The Kier molecular flexibility index (Phi) is 9.28. The Hall–Kier alpha value is 0.190. The summed E-state index contributed by atoms with van der Waals surface area (Å²) in [6, 6.07) is 0. The molecular weight excluding hydrogens is 527 g/mol. The molecule has 4 rings (SSSR count). The van der Waals surface area contributed by atoms with Gasteiger partial charge in [-0.25, -0.2) is 17.6 Å². The Labute approximate surface area is 205 Å². The van der Waals surface area contributed by atoms with Gasteiger partial charge in [-0.2, -0.15) is 0 Å². The number of allylic oxidation sites excluding steroid dienone is 2. The summed E-state index contributed by atoms with van der Waals surface area (Å²) in [7, 11) is 0. The van der Waals surface area contributed by atoms with Crippen LogP contribution in [0.3, 0.4) is 0 Å². The summed E-state index contributed by atoms with van der Waals surface area (Å²) in [4.78, 5) is 0. The van der Waals surface area contributed by atoms with Gasteiger partial charge in [-0.1, -0.05) is 67.5 Å². The lowest BCUT2D eigenvalue weighted by Gasteiger charge is -2.40. The summed E-state index contributed by atoms with van der Waals surface area (Å²) in [5.74, 6) is -0.0313. The molecule has 0 aromatic heterocycles. The third-order valence-electron chi connectivity index (χ3n) is 9.45. The number of rotatable bonds is 6. The number of hydrogen-bond acceptors (Lipinski definition) is 0. The molecule has 3 saturated carbocycles. The van der Waals surface area contributed by atoms with Gasteiger partial charge in [0.15, 0.2) is 0 Å². The highest BCUT2D eigenvalue weighted by Gasteiger charge is 2.43. The van der Waals surface area contributed by atoms with Crippen molar-refractivity contribution < 1.29 is 17.6 Å². The van der Waals surface area contributed by atoms with Crippen LogP contribution in [0.5, 0.6) is 0 Å². The molecule has 0 nitrogen and oxygen atoms in total. The van der Waals surface area contributed by atoms with Crippen molar-refractivity contribution in [3.63, 3.8) is 0 Å². The molecule has 0 radical (unpaired) electrons. The van der Waals surface area contributed by atoms with E-state index in [4.69, 9.17) is 0 Å². The Morgan fingerprint density at radius 1 is 0.656 bits per heavy atom. The van der Waals surface area contributed by atoms with Gasteiger partial charge in [0.25, 0.3) is 0 Å². The summed E-state index contributed by atoms with van der Waals surface area (Å²) >= 11 is 2.06. The van der Waals surface area contributed by atoms with Crippen molar-refractivity contribution in [1.82, 2.24) is 0 Å². The molecule has 3 fully saturated rings. The maximum absolute atomic E-state index is 14.8. The standard InChI is InChI=1S/C27H41F4I/c28-24-20(13-14-21(25(24)29)18-6-2-1-3-7-18)8-4-5-17-9-11-19(12-10-17)22-15-16-23(32)27(31)26(22)30/h17-23,26-27H,1-16H2. The van der Waals surface area contributed by atoms with Crippen molar-refractivity contribution in [2.45, 2.75) is 119 Å². The van der Waals surface area contributed by atoms with E-state index >= 15 is 0 Å². The van der Waals surface area contributed by atoms with Crippen LogP contribution in [-0.2, 0) is 0 Å². The van der Waals surface area contributed by atoms with Crippen molar-refractivity contribution >= 4 is 22.6 Å².